The Bertz CT molecular complexity index is 780. The van der Waals surface area contributed by atoms with E-state index in [1.165, 1.54) is 6.07 Å². The van der Waals surface area contributed by atoms with Gasteiger partial charge in [0.2, 0.25) is 5.89 Å². The molecular formula is C14H10F2N2O. The van der Waals surface area contributed by atoms with Gasteiger partial charge in [-0.3, -0.25) is 0 Å². The molecule has 1 heterocycles. The number of nitrogen functional groups attached to an aromatic ring is 1. The van der Waals surface area contributed by atoms with Gasteiger partial charge in [-0.15, -0.1) is 0 Å². The molecule has 0 spiro atoms. The first-order valence-corrected chi connectivity index (χ1v) is 5.66. The molecule has 0 fully saturated rings. The maximum atomic E-state index is 13.8. The zero-order valence-corrected chi connectivity index (χ0v) is 10.1. The van der Waals surface area contributed by atoms with Crippen molar-refractivity contribution in [3.63, 3.8) is 0 Å². The fourth-order valence-corrected chi connectivity index (χ4v) is 1.88. The molecule has 0 unspecified atom stereocenters. The molecule has 0 aliphatic rings. The molecule has 3 nitrogen and oxygen atoms in total. The summed E-state index contributed by atoms with van der Waals surface area (Å²) in [5.41, 5.74) is 7.68. The van der Waals surface area contributed by atoms with Gasteiger partial charge in [0.15, 0.2) is 5.58 Å². The van der Waals surface area contributed by atoms with E-state index >= 15 is 0 Å². The Morgan fingerprint density at radius 2 is 1.89 bits per heavy atom. The van der Waals surface area contributed by atoms with Gasteiger partial charge < -0.3 is 10.2 Å². The first-order chi connectivity index (χ1) is 9.04. The molecule has 0 amide bonds. The second-order valence-corrected chi connectivity index (χ2v) is 4.33. The smallest absolute Gasteiger partial charge is 0.230 e. The maximum absolute atomic E-state index is 13.8. The van der Waals surface area contributed by atoms with Gasteiger partial charge in [-0.1, -0.05) is 0 Å². The highest BCUT2D eigenvalue weighted by Gasteiger charge is 2.15. The molecule has 3 rings (SSSR count). The molecule has 0 saturated carbocycles. The molecule has 0 radical (unpaired) electrons. The van der Waals surface area contributed by atoms with Crippen molar-refractivity contribution in [3.05, 3.63) is 47.5 Å². The third-order valence-electron chi connectivity index (χ3n) is 2.89. The predicted octanol–water partition coefficient (Wildman–Crippen LogP) is 3.66. The molecule has 96 valence electrons. The summed E-state index contributed by atoms with van der Waals surface area (Å²) in [6.45, 7) is 1.55. The van der Waals surface area contributed by atoms with Crippen molar-refractivity contribution in [2.75, 3.05) is 5.73 Å². The molecule has 5 heteroatoms. The Morgan fingerprint density at radius 3 is 2.68 bits per heavy atom. The molecular weight excluding hydrogens is 250 g/mol. The lowest BCUT2D eigenvalue weighted by molar-refractivity contribution is 0.567. The van der Waals surface area contributed by atoms with Crippen LogP contribution in [0.2, 0.25) is 0 Å². The highest BCUT2D eigenvalue weighted by molar-refractivity contribution is 5.79. The zero-order valence-electron chi connectivity index (χ0n) is 10.1. The molecule has 0 atom stereocenters. The van der Waals surface area contributed by atoms with Crippen molar-refractivity contribution < 1.29 is 13.2 Å². The lowest BCUT2D eigenvalue weighted by Gasteiger charge is -2.01. The fourth-order valence-electron chi connectivity index (χ4n) is 1.88. The number of hydrogen-bond donors (Lipinski definition) is 1. The number of aryl methyl sites for hydroxylation is 1. The Hall–Kier alpha value is -2.43. The minimum Gasteiger partial charge on any atom is -0.436 e. The molecule has 0 bridgehead atoms. The topological polar surface area (TPSA) is 52.0 Å². The van der Waals surface area contributed by atoms with Gasteiger partial charge in [-0.25, -0.2) is 13.8 Å². The zero-order chi connectivity index (χ0) is 13.6. The summed E-state index contributed by atoms with van der Waals surface area (Å²) in [4.78, 5) is 4.17. The quantitative estimate of drug-likeness (QED) is 0.679. The summed E-state index contributed by atoms with van der Waals surface area (Å²) in [5, 5.41) is 0. The molecule has 2 N–H and O–H groups in total. The van der Waals surface area contributed by atoms with E-state index in [1.807, 2.05) is 0 Å². The summed E-state index contributed by atoms with van der Waals surface area (Å²) in [5.74, 6) is -1.19. The summed E-state index contributed by atoms with van der Waals surface area (Å²) < 4.78 is 32.4. The van der Waals surface area contributed by atoms with Gasteiger partial charge in [0.25, 0.3) is 0 Å². The van der Waals surface area contributed by atoms with E-state index in [0.29, 0.717) is 22.4 Å². The number of fused-ring (bicyclic) bond motifs is 1. The summed E-state index contributed by atoms with van der Waals surface area (Å²) in [6, 6.07) is 7.18. The largest absolute Gasteiger partial charge is 0.436 e. The number of hydrogen-bond acceptors (Lipinski definition) is 3. The third kappa shape index (κ3) is 1.93. The molecule has 3 aromatic rings. The van der Waals surface area contributed by atoms with E-state index in [-0.39, 0.29) is 11.5 Å². The van der Waals surface area contributed by atoms with Crippen LogP contribution in [0.5, 0.6) is 0 Å². The number of rotatable bonds is 1. The Morgan fingerprint density at radius 1 is 1.11 bits per heavy atom. The lowest BCUT2D eigenvalue weighted by atomic mass is 10.1. The molecule has 0 saturated heterocycles. The van der Waals surface area contributed by atoms with Crippen LogP contribution in [0.1, 0.15) is 5.56 Å². The van der Waals surface area contributed by atoms with Crippen LogP contribution in [0.3, 0.4) is 0 Å². The Balaban J connectivity index is 2.21. The number of nitrogens with zero attached hydrogens (tertiary/aromatic N) is 1. The normalized spacial score (nSPS) is 11.1. The van der Waals surface area contributed by atoms with E-state index in [2.05, 4.69) is 4.98 Å². The first kappa shape index (κ1) is 11.6. The maximum Gasteiger partial charge on any atom is 0.230 e. The molecule has 0 aliphatic heterocycles. The molecule has 2 aromatic carbocycles. The number of aromatic nitrogens is 1. The molecule has 0 aliphatic carbocycles. The highest BCUT2D eigenvalue weighted by Crippen LogP contribution is 2.28. The van der Waals surface area contributed by atoms with Gasteiger partial charge in [-0.2, -0.15) is 0 Å². The Labute approximate surface area is 107 Å². The average Bonchev–Trinajstić information content (AvgIpc) is 2.76. The summed E-state index contributed by atoms with van der Waals surface area (Å²) >= 11 is 0. The SMILES string of the molecule is Cc1cc(-c2nc3ccc(N)cc3o2)c(F)cc1F. The van der Waals surface area contributed by atoms with Crippen molar-refractivity contribution >= 4 is 16.8 Å². The van der Waals surface area contributed by atoms with E-state index < -0.39 is 11.6 Å². The van der Waals surface area contributed by atoms with Crippen LogP contribution in [0, 0.1) is 18.6 Å². The van der Waals surface area contributed by atoms with Crippen LogP contribution >= 0.6 is 0 Å². The Kier molecular flexibility index (Phi) is 2.48. The summed E-state index contributed by atoms with van der Waals surface area (Å²) in [7, 11) is 0. The van der Waals surface area contributed by atoms with Gasteiger partial charge >= 0.3 is 0 Å². The first-order valence-electron chi connectivity index (χ1n) is 5.66. The van der Waals surface area contributed by atoms with Gasteiger partial charge in [0.1, 0.15) is 17.2 Å². The van der Waals surface area contributed by atoms with Crippen molar-refractivity contribution in [3.8, 4) is 11.5 Å². The van der Waals surface area contributed by atoms with E-state index in [0.717, 1.165) is 6.07 Å². The number of benzene rings is 2. The highest BCUT2D eigenvalue weighted by atomic mass is 19.1. The number of anilines is 1. The van der Waals surface area contributed by atoms with Crippen molar-refractivity contribution in [1.82, 2.24) is 4.98 Å². The van der Waals surface area contributed by atoms with Crippen LogP contribution in [-0.2, 0) is 0 Å². The predicted molar refractivity (Wildman–Crippen MR) is 68.5 cm³/mol. The van der Waals surface area contributed by atoms with Crippen LogP contribution in [0.15, 0.2) is 34.7 Å². The fraction of sp³-hybridized carbons (Fsp3) is 0.0714. The van der Waals surface area contributed by atoms with Crippen LogP contribution in [0.4, 0.5) is 14.5 Å². The third-order valence-corrected chi connectivity index (χ3v) is 2.89. The number of oxazole rings is 1. The van der Waals surface area contributed by atoms with Crippen molar-refractivity contribution in [1.29, 1.82) is 0 Å². The molecule has 1 aromatic heterocycles. The summed E-state index contributed by atoms with van der Waals surface area (Å²) in [6.07, 6.45) is 0. The number of halogens is 2. The van der Waals surface area contributed by atoms with Gasteiger partial charge in [0.05, 0.1) is 5.56 Å². The van der Waals surface area contributed by atoms with Gasteiger partial charge in [-0.05, 0) is 30.7 Å². The van der Waals surface area contributed by atoms with Crippen LogP contribution in [-0.4, -0.2) is 4.98 Å². The number of nitrogens with two attached hydrogens (primary N) is 1. The second kappa shape index (κ2) is 4.05. The average molecular weight is 260 g/mol. The minimum absolute atomic E-state index is 0.112. The minimum atomic E-state index is -0.706. The van der Waals surface area contributed by atoms with E-state index in [1.54, 1.807) is 25.1 Å². The van der Waals surface area contributed by atoms with Crippen molar-refractivity contribution in [2.45, 2.75) is 6.92 Å². The van der Waals surface area contributed by atoms with Crippen LogP contribution < -0.4 is 5.73 Å². The second-order valence-electron chi connectivity index (χ2n) is 4.33. The lowest BCUT2D eigenvalue weighted by Crippen LogP contribution is -1.90. The van der Waals surface area contributed by atoms with Crippen LogP contribution in [0.25, 0.3) is 22.6 Å². The standard InChI is InChI=1S/C14H10F2N2O/c1-7-4-9(11(16)6-10(7)15)14-18-12-3-2-8(17)5-13(12)19-14/h2-6H,17H2,1H3. The van der Waals surface area contributed by atoms with Crippen molar-refractivity contribution in [2.24, 2.45) is 0 Å². The van der Waals surface area contributed by atoms with E-state index in [9.17, 15) is 8.78 Å². The molecule has 19 heavy (non-hydrogen) atoms. The monoisotopic (exact) mass is 260 g/mol. The van der Waals surface area contributed by atoms with Gasteiger partial charge in [0, 0.05) is 17.8 Å². The van der Waals surface area contributed by atoms with E-state index in [4.69, 9.17) is 10.2 Å².